The Hall–Kier alpha value is -3.42. The molecular formula is C25H19ClN4O2S. The summed E-state index contributed by atoms with van der Waals surface area (Å²) in [6.07, 6.45) is 0. The van der Waals surface area contributed by atoms with Gasteiger partial charge in [0, 0.05) is 10.6 Å². The Morgan fingerprint density at radius 1 is 0.970 bits per heavy atom. The van der Waals surface area contributed by atoms with Crippen molar-refractivity contribution in [1.82, 2.24) is 19.7 Å². The summed E-state index contributed by atoms with van der Waals surface area (Å²) >= 11 is 7.35. The van der Waals surface area contributed by atoms with Gasteiger partial charge in [-0.15, -0.1) is 10.2 Å². The number of thioether (sulfide) groups is 1. The fourth-order valence-corrected chi connectivity index (χ4v) is 4.64. The molecule has 33 heavy (non-hydrogen) atoms. The second-order valence-electron chi connectivity index (χ2n) is 7.47. The molecule has 0 radical (unpaired) electrons. The van der Waals surface area contributed by atoms with Crippen LogP contribution in [0, 0.1) is 0 Å². The molecule has 0 amide bonds. The Kier molecular flexibility index (Phi) is 5.98. The molecule has 0 saturated carbocycles. The molecule has 1 unspecified atom stereocenters. The van der Waals surface area contributed by atoms with Crippen LogP contribution in [0.5, 0.6) is 0 Å². The number of nitrogens with zero attached hydrogens (tertiary/aromatic N) is 4. The highest BCUT2D eigenvalue weighted by Crippen LogP contribution is 2.28. The van der Waals surface area contributed by atoms with E-state index in [2.05, 4.69) is 10.2 Å². The molecule has 0 N–H and O–H groups in total. The van der Waals surface area contributed by atoms with Crippen molar-refractivity contribution in [3.8, 4) is 11.5 Å². The first kappa shape index (κ1) is 21.4. The number of hydrogen-bond acceptors (Lipinski definition) is 6. The summed E-state index contributed by atoms with van der Waals surface area (Å²) in [5.41, 5.74) is 2.41. The smallest absolute Gasteiger partial charge is 0.262 e. The lowest BCUT2D eigenvalue weighted by Crippen LogP contribution is -2.27. The van der Waals surface area contributed by atoms with Crippen molar-refractivity contribution in [2.24, 2.45) is 0 Å². The van der Waals surface area contributed by atoms with Gasteiger partial charge in [-0.3, -0.25) is 9.36 Å². The summed E-state index contributed by atoms with van der Waals surface area (Å²) in [5.74, 6) is 1.25. The van der Waals surface area contributed by atoms with Gasteiger partial charge in [0.25, 0.3) is 5.56 Å². The zero-order chi connectivity index (χ0) is 22.8. The first-order valence-corrected chi connectivity index (χ1v) is 11.7. The van der Waals surface area contributed by atoms with E-state index in [1.54, 1.807) is 16.7 Å². The molecule has 0 spiro atoms. The van der Waals surface area contributed by atoms with E-state index in [9.17, 15) is 4.79 Å². The van der Waals surface area contributed by atoms with E-state index >= 15 is 0 Å². The van der Waals surface area contributed by atoms with Crippen molar-refractivity contribution in [2.45, 2.75) is 23.9 Å². The third-order valence-corrected chi connectivity index (χ3v) is 6.52. The monoisotopic (exact) mass is 474 g/mol. The number of fused-ring (bicyclic) bond motifs is 1. The Morgan fingerprint density at radius 3 is 2.48 bits per heavy atom. The van der Waals surface area contributed by atoms with Gasteiger partial charge in [-0.1, -0.05) is 65.8 Å². The standard InChI is InChI=1S/C25H19ClN4O2S/c1-16(17-7-3-2-4-8-17)30-24(31)20-9-5-6-10-21(20)27-25(30)33-15-22-28-29-23(32-22)18-11-13-19(26)14-12-18/h2-14,16H,15H2,1H3. The predicted octanol–water partition coefficient (Wildman–Crippen LogP) is 6.00. The highest BCUT2D eigenvalue weighted by molar-refractivity contribution is 7.98. The van der Waals surface area contributed by atoms with E-state index in [0.717, 1.165) is 11.1 Å². The van der Waals surface area contributed by atoms with Gasteiger partial charge in [0.1, 0.15) is 0 Å². The minimum absolute atomic E-state index is 0.0770. The van der Waals surface area contributed by atoms with Crippen molar-refractivity contribution >= 4 is 34.3 Å². The molecule has 0 bridgehead atoms. The highest BCUT2D eigenvalue weighted by Gasteiger charge is 2.19. The lowest BCUT2D eigenvalue weighted by atomic mass is 10.1. The van der Waals surface area contributed by atoms with E-state index in [4.69, 9.17) is 21.0 Å². The van der Waals surface area contributed by atoms with Crippen LogP contribution < -0.4 is 5.56 Å². The maximum Gasteiger partial charge on any atom is 0.262 e. The summed E-state index contributed by atoms with van der Waals surface area (Å²) < 4.78 is 7.57. The van der Waals surface area contributed by atoms with Crippen molar-refractivity contribution < 1.29 is 4.42 Å². The number of para-hydroxylation sites is 1. The lowest BCUT2D eigenvalue weighted by molar-refractivity contribution is 0.525. The normalized spacial score (nSPS) is 12.2. The molecule has 0 saturated heterocycles. The zero-order valence-corrected chi connectivity index (χ0v) is 19.3. The number of halogens is 1. The molecule has 0 aliphatic heterocycles. The van der Waals surface area contributed by atoms with Gasteiger partial charge in [-0.2, -0.15) is 0 Å². The van der Waals surface area contributed by atoms with Crippen LogP contribution in [-0.2, 0) is 5.75 Å². The molecule has 8 heteroatoms. The lowest BCUT2D eigenvalue weighted by Gasteiger charge is -2.19. The number of aromatic nitrogens is 4. The summed E-state index contributed by atoms with van der Waals surface area (Å²) in [4.78, 5) is 18.2. The van der Waals surface area contributed by atoms with Crippen LogP contribution >= 0.6 is 23.4 Å². The topological polar surface area (TPSA) is 73.8 Å². The van der Waals surface area contributed by atoms with E-state index in [1.807, 2.05) is 73.7 Å². The summed E-state index contributed by atoms with van der Waals surface area (Å²) in [5, 5.41) is 10.1. The molecule has 2 aromatic heterocycles. The number of hydrogen-bond donors (Lipinski definition) is 0. The molecular weight excluding hydrogens is 456 g/mol. The third kappa shape index (κ3) is 4.42. The van der Waals surface area contributed by atoms with Crippen LogP contribution in [0.4, 0.5) is 0 Å². The summed E-state index contributed by atoms with van der Waals surface area (Å²) in [7, 11) is 0. The van der Waals surface area contributed by atoms with Crippen LogP contribution in [0.1, 0.15) is 24.4 Å². The van der Waals surface area contributed by atoms with Crippen molar-refractivity contribution in [3.05, 3.63) is 106 Å². The second kappa shape index (κ2) is 9.21. The molecule has 6 nitrogen and oxygen atoms in total. The Bertz CT molecular complexity index is 1470. The van der Waals surface area contributed by atoms with Crippen LogP contribution in [0.15, 0.2) is 93.2 Å². The predicted molar refractivity (Wildman–Crippen MR) is 131 cm³/mol. The van der Waals surface area contributed by atoms with E-state index in [0.29, 0.717) is 38.6 Å². The molecule has 0 fully saturated rings. The zero-order valence-electron chi connectivity index (χ0n) is 17.7. The number of rotatable bonds is 6. The fourth-order valence-electron chi connectivity index (χ4n) is 3.60. The molecule has 0 aliphatic carbocycles. The van der Waals surface area contributed by atoms with E-state index in [-0.39, 0.29) is 11.6 Å². The minimum Gasteiger partial charge on any atom is -0.420 e. The first-order valence-electron chi connectivity index (χ1n) is 10.4. The Balaban J connectivity index is 1.49. The summed E-state index contributed by atoms with van der Waals surface area (Å²) in [6, 6.07) is 24.3. The average molecular weight is 475 g/mol. The van der Waals surface area contributed by atoms with Gasteiger partial charge < -0.3 is 4.42 Å². The minimum atomic E-state index is -0.189. The SMILES string of the molecule is CC(c1ccccc1)n1c(SCc2nnc(-c3ccc(Cl)cc3)o2)nc2ccccc2c1=O. The van der Waals surface area contributed by atoms with Crippen LogP contribution in [-0.4, -0.2) is 19.7 Å². The quantitative estimate of drug-likeness (QED) is 0.222. The Morgan fingerprint density at radius 2 is 1.70 bits per heavy atom. The fraction of sp³-hybridized carbons (Fsp3) is 0.120. The largest absolute Gasteiger partial charge is 0.420 e. The molecule has 3 aromatic carbocycles. The Labute approximate surface area is 199 Å². The maximum atomic E-state index is 13.4. The van der Waals surface area contributed by atoms with Crippen LogP contribution in [0.3, 0.4) is 0 Å². The van der Waals surface area contributed by atoms with Crippen molar-refractivity contribution in [3.63, 3.8) is 0 Å². The molecule has 5 aromatic rings. The van der Waals surface area contributed by atoms with Gasteiger partial charge in [-0.25, -0.2) is 4.98 Å². The number of benzene rings is 3. The average Bonchev–Trinajstić information content (AvgIpc) is 3.32. The second-order valence-corrected chi connectivity index (χ2v) is 8.85. The van der Waals surface area contributed by atoms with Crippen molar-refractivity contribution in [1.29, 1.82) is 0 Å². The van der Waals surface area contributed by atoms with E-state index in [1.165, 1.54) is 11.8 Å². The van der Waals surface area contributed by atoms with Crippen molar-refractivity contribution in [2.75, 3.05) is 0 Å². The van der Waals surface area contributed by atoms with Gasteiger partial charge in [0.2, 0.25) is 11.8 Å². The molecule has 5 rings (SSSR count). The molecule has 164 valence electrons. The van der Waals surface area contributed by atoms with Gasteiger partial charge in [0.05, 0.1) is 22.7 Å². The third-order valence-electron chi connectivity index (χ3n) is 5.33. The maximum absolute atomic E-state index is 13.4. The first-order chi connectivity index (χ1) is 16.1. The van der Waals surface area contributed by atoms with Gasteiger partial charge in [0.15, 0.2) is 5.16 Å². The van der Waals surface area contributed by atoms with Gasteiger partial charge in [-0.05, 0) is 48.9 Å². The van der Waals surface area contributed by atoms with Crippen LogP contribution in [0.25, 0.3) is 22.4 Å². The summed E-state index contributed by atoms with van der Waals surface area (Å²) in [6.45, 7) is 2.00. The molecule has 2 heterocycles. The molecule has 0 aliphatic rings. The van der Waals surface area contributed by atoms with Gasteiger partial charge >= 0.3 is 0 Å². The molecule has 1 atom stereocenters. The van der Waals surface area contributed by atoms with E-state index < -0.39 is 0 Å². The van der Waals surface area contributed by atoms with Crippen LogP contribution in [0.2, 0.25) is 5.02 Å². The highest BCUT2D eigenvalue weighted by atomic mass is 35.5.